The van der Waals surface area contributed by atoms with Gasteiger partial charge < -0.3 is 10.2 Å². The van der Waals surface area contributed by atoms with Crippen LogP contribution in [0.1, 0.15) is 30.5 Å². The molecule has 1 N–H and O–H groups in total. The fourth-order valence-corrected chi connectivity index (χ4v) is 5.35. The van der Waals surface area contributed by atoms with Crippen molar-refractivity contribution in [1.82, 2.24) is 14.5 Å². The molecule has 3 aromatic carbocycles. The molecule has 0 aromatic heterocycles. The molecule has 0 saturated heterocycles. The lowest BCUT2D eigenvalue weighted by molar-refractivity contribution is -0.141. The third kappa shape index (κ3) is 8.39. The first-order valence-corrected chi connectivity index (χ1v) is 14.7. The van der Waals surface area contributed by atoms with Crippen LogP contribution in [0.5, 0.6) is 0 Å². The van der Waals surface area contributed by atoms with E-state index in [1.807, 2.05) is 75.4 Å². The summed E-state index contributed by atoms with van der Waals surface area (Å²) in [7, 11) is -2.61. The van der Waals surface area contributed by atoms with Gasteiger partial charge >= 0.3 is 0 Å². The number of rotatable bonds is 12. The van der Waals surface area contributed by atoms with E-state index >= 15 is 0 Å². The zero-order valence-electron chi connectivity index (χ0n) is 22.8. The van der Waals surface area contributed by atoms with Crippen LogP contribution >= 0.6 is 11.6 Å². The number of carbonyl (C=O) groups is 2. The average Bonchev–Trinajstić information content (AvgIpc) is 2.91. The van der Waals surface area contributed by atoms with Gasteiger partial charge in [-0.05, 0) is 53.8 Å². The van der Waals surface area contributed by atoms with Crippen LogP contribution in [-0.4, -0.2) is 55.6 Å². The summed E-state index contributed by atoms with van der Waals surface area (Å²) >= 11 is 5.93. The van der Waals surface area contributed by atoms with E-state index in [-0.39, 0.29) is 29.7 Å². The Morgan fingerprint density at radius 1 is 0.923 bits per heavy atom. The topological polar surface area (TPSA) is 86.8 Å². The van der Waals surface area contributed by atoms with Gasteiger partial charge in [-0.1, -0.05) is 80.0 Å². The molecule has 0 spiro atoms. The van der Waals surface area contributed by atoms with Crippen LogP contribution in [0.4, 0.5) is 0 Å². The summed E-state index contributed by atoms with van der Waals surface area (Å²) in [5.74, 6) is -0.529. The zero-order chi connectivity index (χ0) is 28.6. The molecular formula is C30H36ClN3O4S. The molecular weight excluding hydrogens is 534 g/mol. The predicted molar refractivity (Wildman–Crippen MR) is 155 cm³/mol. The van der Waals surface area contributed by atoms with Crippen molar-refractivity contribution in [3.63, 3.8) is 0 Å². The number of likely N-dealkylation sites (N-methyl/N-ethyl adjacent to an activating group) is 1. The maximum absolute atomic E-state index is 13.9. The third-order valence-corrected chi connectivity index (χ3v) is 8.51. The molecule has 0 aliphatic carbocycles. The van der Waals surface area contributed by atoms with Crippen molar-refractivity contribution in [2.75, 3.05) is 20.1 Å². The molecule has 0 saturated carbocycles. The zero-order valence-corrected chi connectivity index (χ0v) is 24.4. The first-order valence-electron chi connectivity index (χ1n) is 12.9. The second-order valence-corrected chi connectivity index (χ2v) is 12.5. The first-order chi connectivity index (χ1) is 18.5. The molecule has 3 aromatic rings. The number of carbonyl (C=O) groups excluding carboxylic acids is 2. The Morgan fingerprint density at radius 2 is 1.54 bits per heavy atom. The maximum atomic E-state index is 13.9. The number of nitrogens with one attached hydrogen (secondary N) is 1. The van der Waals surface area contributed by atoms with Crippen molar-refractivity contribution in [2.45, 2.75) is 44.7 Å². The van der Waals surface area contributed by atoms with Crippen molar-refractivity contribution in [2.24, 2.45) is 5.92 Å². The van der Waals surface area contributed by atoms with Crippen molar-refractivity contribution >= 4 is 33.4 Å². The Balaban J connectivity index is 1.97. The number of halogens is 1. The number of nitrogens with zero attached hydrogens (tertiary/aromatic N) is 2. The van der Waals surface area contributed by atoms with E-state index in [0.29, 0.717) is 11.6 Å². The van der Waals surface area contributed by atoms with Crippen LogP contribution in [0.3, 0.4) is 0 Å². The van der Waals surface area contributed by atoms with Gasteiger partial charge in [0.2, 0.25) is 21.8 Å². The fourth-order valence-electron chi connectivity index (χ4n) is 4.10. The smallest absolute Gasteiger partial charge is 0.243 e. The molecule has 0 unspecified atom stereocenters. The van der Waals surface area contributed by atoms with E-state index in [9.17, 15) is 18.0 Å². The third-order valence-electron chi connectivity index (χ3n) is 6.44. The van der Waals surface area contributed by atoms with Crippen LogP contribution in [-0.2, 0) is 32.6 Å². The molecule has 7 nitrogen and oxygen atoms in total. The largest absolute Gasteiger partial charge is 0.354 e. The normalized spacial score (nSPS) is 12.4. The standard InChI is InChI=1S/C30H36ClN3O4S/c1-22(2)19-32-30(36)28(18-24-11-6-5-7-12-24)34(20-25-13-9-8-10-23(25)3)29(35)21-33(4)39(37,38)27-16-14-26(31)15-17-27/h5-17,22,28H,18-21H2,1-4H3,(H,32,36)/t28-/m1/s1. The molecule has 0 radical (unpaired) electrons. The van der Waals surface area contributed by atoms with Crippen molar-refractivity contribution in [3.05, 3.63) is 101 Å². The summed E-state index contributed by atoms with van der Waals surface area (Å²) in [5, 5.41) is 3.39. The minimum absolute atomic E-state index is 0.0307. The van der Waals surface area contributed by atoms with E-state index < -0.39 is 28.5 Å². The molecule has 0 fully saturated rings. The lowest BCUT2D eigenvalue weighted by Gasteiger charge is -2.33. The van der Waals surface area contributed by atoms with E-state index in [1.165, 1.54) is 36.2 Å². The van der Waals surface area contributed by atoms with Gasteiger partial charge in [-0.25, -0.2) is 8.42 Å². The van der Waals surface area contributed by atoms with Gasteiger partial charge in [0.15, 0.2) is 0 Å². The first kappa shape index (κ1) is 30.3. The van der Waals surface area contributed by atoms with E-state index in [2.05, 4.69) is 5.32 Å². The highest BCUT2D eigenvalue weighted by Gasteiger charge is 2.33. The quantitative estimate of drug-likeness (QED) is 0.343. The number of hydrogen-bond donors (Lipinski definition) is 1. The summed E-state index contributed by atoms with van der Waals surface area (Å²) in [6, 6.07) is 22.1. The van der Waals surface area contributed by atoms with Crippen LogP contribution < -0.4 is 5.32 Å². The molecule has 208 valence electrons. The highest BCUT2D eigenvalue weighted by molar-refractivity contribution is 7.89. The van der Waals surface area contributed by atoms with Gasteiger partial charge in [0, 0.05) is 31.6 Å². The molecule has 0 aliphatic rings. The van der Waals surface area contributed by atoms with Crippen LogP contribution in [0, 0.1) is 12.8 Å². The lowest BCUT2D eigenvalue weighted by Crippen LogP contribution is -2.53. The van der Waals surface area contributed by atoms with Gasteiger partial charge in [0.25, 0.3) is 0 Å². The second-order valence-electron chi connectivity index (χ2n) is 10.0. The Labute approximate surface area is 236 Å². The monoisotopic (exact) mass is 569 g/mol. The van der Waals surface area contributed by atoms with Gasteiger partial charge in [0.05, 0.1) is 11.4 Å². The number of amides is 2. The highest BCUT2D eigenvalue weighted by Crippen LogP contribution is 2.20. The number of sulfonamides is 1. The number of aryl methyl sites for hydroxylation is 1. The number of hydrogen-bond acceptors (Lipinski definition) is 4. The average molecular weight is 570 g/mol. The minimum Gasteiger partial charge on any atom is -0.354 e. The summed E-state index contributed by atoms with van der Waals surface area (Å²) in [4.78, 5) is 29.0. The molecule has 0 bridgehead atoms. The van der Waals surface area contributed by atoms with Gasteiger partial charge in [-0.3, -0.25) is 9.59 Å². The molecule has 0 heterocycles. The van der Waals surface area contributed by atoms with Crippen LogP contribution in [0.25, 0.3) is 0 Å². The molecule has 1 atom stereocenters. The number of benzene rings is 3. The highest BCUT2D eigenvalue weighted by atomic mass is 35.5. The molecule has 39 heavy (non-hydrogen) atoms. The SMILES string of the molecule is Cc1ccccc1CN(C(=O)CN(C)S(=O)(=O)c1ccc(Cl)cc1)[C@H](Cc1ccccc1)C(=O)NCC(C)C. The maximum Gasteiger partial charge on any atom is 0.243 e. The Bertz CT molecular complexity index is 1360. The van der Waals surface area contributed by atoms with Crippen molar-refractivity contribution in [1.29, 1.82) is 0 Å². The predicted octanol–water partition coefficient (Wildman–Crippen LogP) is 4.68. The Kier molecular flexibility index (Phi) is 10.7. The molecule has 2 amide bonds. The molecule has 0 aliphatic heterocycles. The summed E-state index contributed by atoms with van der Waals surface area (Å²) < 4.78 is 27.4. The summed E-state index contributed by atoms with van der Waals surface area (Å²) in [6.45, 7) is 6.13. The van der Waals surface area contributed by atoms with Crippen molar-refractivity contribution < 1.29 is 18.0 Å². The second kappa shape index (κ2) is 13.7. The van der Waals surface area contributed by atoms with Crippen LogP contribution in [0.15, 0.2) is 83.8 Å². The minimum atomic E-state index is -3.97. The Morgan fingerprint density at radius 3 is 2.15 bits per heavy atom. The lowest BCUT2D eigenvalue weighted by atomic mass is 10.0. The molecule has 3 rings (SSSR count). The fraction of sp³-hybridized carbons (Fsp3) is 0.333. The molecule has 9 heteroatoms. The van der Waals surface area contributed by atoms with E-state index in [1.54, 1.807) is 0 Å². The van der Waals surface area contributed by atoms with E-state index in [0.717, 1.165) is 21.0 Å². The van der Waals surface area contributed by atoms with Gasteiger partial charge in [-0.2, -0.15) is 4.31 Å². The summed E-state index contributed by atoms with van der Waals surface area (Å²) in [5.41, 5.74) is 2.74. The van der Waals surface area contributed by atoms with Gasteiger partial charge in [-0.15, -0.1) is 0 Å². The Hall–Kier alpha value is -3.20. The summed E-state index contributed by atoms with van der Waals surface area (Å²) in [6.07, 6.45) is 0.288. The van der Waals surface area contributed by atoms with E-state index in [4.69, 9.17) is 11.6 Å². The van der Waals surface area contributed by atoms with Crippen LogP contribution in [0.2, 0.25) is 5.02 Å². The van der Waals surface area contributed by atoms with Gasteiger partial charge in [0.1, 0.15) is 6.04 Å². The van der Waals surface area contributed by atoms with Crippen molar-refractivity contribution in [3.8, 4) is 0 Å².